The molecule has 1 aromatic heterocycles. The number of benzene rings is 3. The van der Waals surface area contributed by atoms with Crippen molar-refractivity contribution in [3.8, 4) is 0 Å². The zero-order valence-electron chi connectivity index (χ0n) is 29.5. The van der Waals surface area contributed by atoms with Gasteiger partial charge in [0.25, 0.3) is 0 Å². The first-order chi connectivity index (χ1) is 23.2. The Kier molecular flexibility index (Phi) is 11.7. The van der Waals surface area contributed by atoms with E-state index in [9.17, 15) is 0 Å². The highest BCUT2D eigenvalue weighted by atomic mass is 32.2. The zero-order valence-corrected chi connectivity index (χ0v) is 30.3. The normalized spacial score (nSPS) is 22.1. The lowest BCUT2D eigenvalue weighted by Gasteiger charge is -2.33. The number of para-hydroxylation sites is 1. The van der Waals surface area contributed by atoms with E-state index in [-0.39, 0.29) is 11.5 Å². The van der Waals surface area contributed by atoms with Crippen LogP contribution in [0, 0.1) is 11.3 Å². The molecule has 4 unspecified atom stereocenters. The Balaban J connectivity index is 0.000000347. The Bertz CT molecular complexity index is 1930. The molecule has 0 spiro atoms. The van der Waals surface area contributed by atoms with E-state index in [1.165, 1.54) is 40.6 Å². The molecule has 3 heterocycles. The van der Waals surface area contributed by atoms with Crippen molar-refractivity contribution in [3.05, 3.63) is 125 Å². The van der Waals surface area contributed by atoms with Gasteiger partial charge in [0, 0.05) is 39.5 Å². The van der Waals surface area contributed by atoms with Crippen molar-refractivity contribution < 1.29 is 4.42 Å². The fraction of sp³-hybridized carbons (Fsp3) is 0.341. The van der Waals surface area contributed by atoms with E-state index in [1.807, 2.05) is 25.6 Å². The minimum Gasteiger partial charge on any atom is -0.456 e. The van der Waals surface area contributed by atoms with Crippen molar-refractivity contribution in [1.82, 2.24) is 0 Å². The van der Waals surface area contributed by atoms with Gasteiger partial charge < -0.3 is 9.32 Å². The van der Waals surface area contributed by atoms with Crippen LogP contribution in [0.1, 0.15) is 59.8 Å². The summed E-state index contributed by atoms with van der Waals surface area (Å²) in [7, 11) is 2.16. The third kappa shape index (κ3) is 8.15. The molecule has 1 aliphatic carbocycles. The average Bonchev–Trinajstić information content (AvgIpc) is 3.68. The summed E-state index contributed by atoms with van der Waals surface area (Å²) in [6, 6.07) is 24.0. The van der Waals surface area contributed by atoms with Gasteiger partial charge in [0.2, 0.25) is 0 Å². The standard InChI is InChI=1S/C34H35NOS.C8H11N.C2H6/c1-7-27(35(6)28-15-9-8-10-16-28)20-30-22-34(4,5)23(2)17-29(37-30)21-32-24(3)31-18-25-13-11-12-14-26(25)19-33(31)36-32;1-2-4-8-7(3-1)5-6-9-8;1-2/h7-19,21,27,30H,1-3,20,22H2,4-6H3;2,4,6-8H,1,3,5H2;1-2H3/b32-21+;;. The summed E-state index contributed by atoms with van der Waals surface area (Å²) in [4.78, 5) is 7.84. The van der Waals surface area contributed by atoms with Crippen molar-refractivity contribution in [3.63, 3.8) is 0 Å². The lowest BCUT2D eigenvalue weighted by Crippen LogP contribution is -2.33. The van der Waals surface area contributed by atoms with Gasteiger partial charge in [0.15, 0.2) is 0 Å². The molecule has 7 rings (SSSR count). The van der Waals surface area contributed by atoms with Crippen molar-refractivity contribution in [2.75, 3.05) is 11.9 Å². The van der Waals surface area contributed by atoms with Crippen LogP contribution in [-0.4, -0.2) is 30.6 Å². The van der Waals surface area contributed by atoms with Crippen LogP contribution in [0.2, 0.25) is 0 Å². The van der Waals surface area contributed by atoms with E-state index < -0.39 is 0 Å². The Hall–Kier alpha value is -4.02. The van der Waals surface area contributed by atoms with Crippen LogP contribution in [0.5, 0.6) is 0 Å². The molecule has 4 heteroatoms. The number of likely N-dealkylation sites (N-methyl/N-ethyl adjacent to an activating group) is 1. The molecule has 0 N–H and O–H groups in total. The van der Waals surface area contributed by atoms with Gasteiger partial charge in [-0.2, -0.15) is 0 Å². The number of rotatable bonds is 6. The predicted molar refractivity (Wildman–Crippen MR) is 214 cm³/mol. The fourth-order valence-electron chi connectivity index (χ4n) is 6.80. The van der Waals surface area contributed by atoms with Gasteiger partial charge in [-0.1, -0.05) is 102 Å². The number of furan rings is 1. The van der Waals surface area contributed by atoms with E-state index in [0.717, 1.165) is 45.9 Å². The molecule has 0 radical (unpaired) electrons. The van der Waals surface area contributed by atoms with Crippen LogP contribution >= 0.6 is 11.8 Å². The van der Waals surface area contributed by atoms with E-state index in [4.69, 9.17) is 4.42 Å². The molecule has 4 atom stereocenters. The van der Waals surface area contributed by atoms with Gasteiger partial charge in [-0.15, -0.1) is 18.3 Å². The van der Waals surface area contributed by atoms with Crippen molar-refractivity contribution in [2.24, 2.45) is 16.3 Å². The summed E-state index contributed by atoms with van der Waals surface area (Å²) in [6.45, 7) is 21.6. The van der Waals surface area contributed by atoms with E-state index >= 15 is 0 Å². The molecule has 4 aromatic rings. The van der Waals surface area contributed by atoms with Gasteiger partial charge in [-0.3, -0.25) is 4.99 Å². The monoisotopic (exact) mass is 656 g/mol. The van der Waals surface area contributed by atoms with Crippen molar-refractivity contribution in [1.29, 1.82) is 0 Å². The maximum absolute atomic E-state index is 6.34. The quantitative estimate of drug-likeness (QED) is 0.193. The first-order valence-electron chi connectivity index (χ1n) is 17.5. The summed E-state index contributed by atoms with van der Waals surface area (Å²) in [5, 5.41) is 4.76. The molecule has 250 valence electrons. The smallest absolute Gasteiger partial charge is 0.136 e. The highest BCUT2D eigenvalue weighted by Gasteiger charge is 2.31. The Morgan fingerprint density at radius 2 is 1.75 bits per heavy atom. The van der Waals surface area contributed by atoms with Gasteiger partial charge in [-0.25, -0.2) is 0 Å². The third-order valence-corrected chi connectivity index (χ3v) is 11.0. The highest BCUT2D eigenvalue weighted by molar-refractivity contribution is 8.04. The first kappa shape index (κ1) is 35.3. The highest BCUT2D eigenvalue weighted by Crippen LogP contribution is 2.44. The van der Waals surface area contributed by atoms with Crippen LogP contribution in [0.3, 0.4) is 0 Å². The lowest BCUT2D eigenvalue weighted by atomic mass is 9.79. The van der Waals surface area contributed by atoms with Crippen molar-refractivity contribution in [2.45, 2.75) is 77.1 Å². The predicted octanol–water partition coefficient (Wildman–Crippen LogP) is 10.7. The second kappa shape index (κ2) is 15.9. The first-order valence-corrected chi connectivity index (χ1v) is 18.4. The molecule has 2 aliphatic heterocycles. The van der Waals surface area contributed by atoms with Gasteiger partial charge in [0.1, 0.15) is 11.0 Å². The van der Waals surface area contributed by atoms with Crippen LogP contribution in [0.15, 0.2) is 124 Å². The van der Waals surface area contributed by atoms with Crippen LogP contribution in [-0.2, 0) is 0 Å². The molecular formula is C44H52N2OS. The number of fused-ring (bicyclic) bond motifs is 3. The Morgan fingerprint density at radius 1 is 1.04 bits per heavy atom. The number of hydrogen-bond donors (Lipinski definition) is 0. The molecule has 0 fully saturated rings. The minimum absolute atomic E-state index is 0.00317. The molecule has 3 aromatic carbocycles. The second-order valence-corrected chi connectivity index (χ2v) is 14.9. The van der Waals surface area contributed by atoms with Gasteiger partial charge in [-0.05, 0) is 102 Å². The number of anilines is 1. The maximum atomic E-state index is 6.34. The number of allylic oxidation sites excluding steroid dienone is 4. The molecular weight excluding hydrogens is 605 g/mol. The van der Waals surface area contributed by atoms with Crippen LogP contribution < -0.4 is 15.5 Å². The van der Waals surface area contributed by atoms with Crippen LogP contribution in [0.25, 0.3) is 34.4 Å². The largest absolute Gasteiger partial charge is 0.456 e. The third-order valence-electron chi connectivity index (χ3n) is 9.83. The second-order valence-electron chi connectivity index (χ2n) is 13.5. The Morgan fingerprint density at radius 3 is 2.46 bits per heavy atom. The molecule has 0 amide bonds. The van der Waals surface area contributed by atoms with E-state index in [2.05, 4.69) is 154 Å². The van der Waals surface area contributed by atoms with Gasteiger partial charge >= 0.3 is 0 Å². The van der Waals surface area contributed by atoms with Crippen molar-refractivity contribution >= 4 is 58.1 Å². The molecule has 0 bridgehead atoms. The SMILES string of the molecule is C1=CC2N=CCC2CC1.C=CC(CC1CC(C)(C)C(=C)C=C(/C=c2/oc3cc4ccccc4cc3c2=C)S1)N(C)c1ccccc1.CC. The van der Waals surface area contributed by atoms with E-state index in [1.54, 1.807) is 0 Å². The van der Waals surface area contributed by atoms with Gasteiger partial charge in [0.05, 0.1) is 6.04 Å². The minimum atomic E-state index is 0.00317. The lowest BCUT2D eigenvalue weighted by molar-refractivity contribution is 0.401. The fourth-order valence-corrected chi connectivity index (χ4v) is 8.36. The summed E-state index contributed by atoms with van der Waals surface area (Å²) in [5.41, 5.74) is 4.04. The number of nitrogens with zero attached hydrogens (tertiary/aromatic N) is 2. The molecule has 0 saturated heterocycles. The summed E-state index contributed by atoms with van der Waals surface area (Å²) < 4.78 is 6.34. The molecule has 48 heavy (non-hydrogen) atoms. The Labute approximate surface area is 292 Å². The maximum Gasteiger partial charge on any atom is 0.136 e. The summed E-state index contributed by atoms with van der Waals surface area (Å²) in [5.74, 6) is 0.856. The van der Waals surface area contributed by atoms with E-state index in [0.29, 0.717) is 11.3 Å². The molecule has 3 aliphatic rings. The number of hydrogen-bond acceptors (Lipinski definition) is 4. The number of thioether (sulfide) groups is 1. The zero-order chi connectivity index (χ0) is 34.3. The summed E-state index contributed by atoms with van der Waals surface area (Å²) >= 11 is 1.91. The molecule has 0 saturated carbocycles. The summed E-state index contributed by atoms with van der Waals surface area (Å²) in [6.07, 6.45) is 18.9. The molecule has 3 nitrogen and oxygen atoms in total. The topological polar surface area (TPSA) is 28.7 Å². The van der Waals surface area contributed by atoms with Crippen LogP contribution in [0.4, 0.5) is 5.69 Å². The average molecular weight is 657 g/mol. The number of aliphatic imine (C=N–C) groups is 1.